The molecule has 0 bridgehead atoms. The summed E-state index contributed by atoms with van der Waals surface area (Å²) < 4.78 is 0. The summed E-state index contributed by atoms with van der Waals surface area (Å²) in [5.74, 6) is 0. The fourth-order valence-electron chi connectivity index (χ4n) is 1.24. The van der Waals surface area contributed by atoms with Crippen molar-refractivity contribution in [3.05, 3.63) is 47.0 Å². The first-order chi connectivity index (χ1) is 6.70. The molecule has 1 N–H and O–H groups in total. The van der Waals surface area contributed by atoms with Gasteiger partial charge in [-0.3, -0.25) is 0 Å². The second-order valence-electron chi connectivity index (χ2n) is 3.33. The maximum absolute atomic E-state index is 5.73. The van der Waals surface area contributed by atoms with Crippen LogP contribution < -0.4 is 5.32 Å². The molecule has 0 fully saturated rings. The Morgan fingerprint density at radius 2 is 2.00 bits per heavy atom. The summed E-state index contributed by atoms with van der Waals surface area (Å²) in [4.78, 5) is 0. The molecule has 84 valence electrons. The average molecular weight is 246 g/mol. The molecule has 0 aliphatic heterocycles. The molecule has 0 saturated heterocycles. The lowest BCUT2D eigenvalue weighted by atomic mass is 10.1. The van der Waals surface area contributed by atoms with Crippen LogP contribution >= 0.6 is 24.0 Å². The first-order valence-corrected chi connectivity index (χ1v) is 5.18. The quantitative estimate of drug-likeness (QED) is 0.849. The Morgan fingerprint density at radius 3 is 2.53 bits per heavy atom. The Hall–Kier alpha value is -0.500. The van der Waals surface area contributed by atoms with Gasteiger partial charge in [-0.05, 0) is 19.4 Å². The first kappa shape index (κ1) is 14.5. The third-order valence-electron chi connectivity index (χ3n) is 2.11. The van der Waals surface area contributed by atoms with Gasteiger partial charge in [0.15, 0.2) is 0 Å². The third-order valence-corrected chi connectivity index (χ3v) is 2.26. The summed E-state index contributed by atoms with van der Waals surface area (Å²) in [5, 5.41) is 4.20. The summed E-state index contributed by atoms with van der Waals surface area (Å²) in [6.45, 7) is 4.84. The van der Waals surface area contributed by atoms with E-state index in [1.165, 1.54) is 5.56 Å². The maximum Gasteiger partial charge on any atom is 0.0294 e. The summed E-state index contributed by atoms with van der Waals surface area (Å²) >= 11 is 5.73. The molecule has 0 heterocycles. The van der Waals surface area contributed by atoms with Crippen LogP contribution in [-0.2, 0) is 0 Å². The molecule has 1 aromatic carbocycles. The van der Waals surface area contributed by atoms with Gasteiger partial charge in [-0.15, -0.1) is 12.4 Å². The van der Waals surface area contributed by atoms with E-state index in [0.717, 1.165) is 11.6 Å². The molecule has 1 rings (SSSR count). The van der Waals surface area contributed by atoms with Crippen LogP contribution in [0.5, 0.6) is 0 Å². The Balaban J connectivity index is 0.00000196. The van der Waals surface area contributed by atoms with E-state index in [2.05, 4.69) is 36.5 Å². The molecule has 0 aliphatic rings. The van der Waals surface area contributed by atoms with Crippen LogP contribution in [0.15, 0.2) is 41.4 Å². The highest BCUT2D eigenvalue weighted by atomic mass is 35.5. The SMILES string of the molecule is C/C(Cl)=C/CNC(C)c1ccccc1.Cl. The zero-order valence-electron chi connectivity index (χ0n) is 9.03. The average Bonchev–Trinajstić information content (AvgIpc) is 2.18. The van der Waals surface area contributed by atoms with Crippen molar-refractivity contribution < 1.29 is 0 Å². The van der Waals surface area contributed by atoms with Gasteiger partial charge in [-0.25, -0.2) is 0 Å². The summed E-state index contributed by atoms with van der Waals surface area (Å²) in [6, 6.07) is 10.7. The van der Waals surface area contributed by atoms with Gasteiger partial charge >= 0.3 is 0 Å². The van der Waals surface area contributed by atoms with Crippen molar-refractivity contribution in [3.63, 3.8) is 0 Å². The minimum Gasteiger partial charge on any atom is -0.307 e. The van der Waals surface area contributed by atoms with E-state index < -0.39 is 0 Å². The molecular weight excluding hydrogens is 229 g/mol. The Labute approximate surface area is 103 Å². The minimum atomic E-state index is 0. The van der Waals surface area contributed by atoms with Crippen LogP contribution in [0.25, 0.3) is 0 Å². The zero-order valence-corrected chi connectivity index (χ0v) is 10.6. The van der Waals surface area contributed by atoms with Crippen LogP contribution in [0.3, 0.4) is 0 Å². The zero-order chi connectivity index (χ0) is 10.4. The molecule has 1 atom stereocenters. The van der Waals surface area contributed by atoms with E-state index in [1.54, 1.807) is 0 Å². The van der Waals surface area contributed by atoms with Gasteiger partial charge < -0.3 is 5.32 Å². The van der Waals surface area contributed by atoms with Crippen molar-refractivity contribution >= 4 is 24.0 Å². The van der Waals surface area contributed by atoms with E-state index in [-0.39, 0.29) is 12.4 Å². The lowest BCUT2D eigenvalue weighted by Gasteiger charge is -2.12. The van der Waals surface area contributed by atoms with E-state index in [0.29, 0.717) is 6.04 Å². The molecule has 3 heteroatoms. The second-order valence-corrected chi connectivity index (χ2v) is 3.93. The van der Waals surface area contributed by atoms with E-state index in [1.807, 2.05) is 19.1 Å². The van der Waals surface area contributed by atoms with Crippen LogP contribution in [-0.4, -0.2) is 6.54 Å². The predicted molar refractivity (Wildman–Crippen MR) is 69.7 cm³/mol. The van der Waals surface area contributed by atoms with Crippen LogP contribution in [0.4, 0.5) is 0 Å². The highest BCUT2D eigenvalue weighted by molar-refractivity contribution is 6.29. The van der Waals surface area contributed by atoms with Crippen LogP contribution in [0, 0.1) is 0 Å². The highest BCUT2D eigenvalue weighted by Gasteiger charge is 2.01. The molecule has 0 amide bonds. The highest BCUT2D eigenvalue weighted by Crippen LogP contribution is 2.10. The van der Waals surface area contributed by atoms with Crippen molar-refractivity contribution in [2.45, 2.75) is 19.9 Å². The first-order valence-electron chi connectivity index (χ1n) is 4.80. The van der Waals surface area contributed by atoms with Gasteiger partial charge in [-0.2, -0.15) is 0 Å². The lowest BCUT2D eigenvalue weighted by molar-refractivity contribution is 0.617. The monoisotopic (exact) mass is 245 g/mol. The number of halogens is 2. The molecule has 0 saturated carbocycles. The van der Waals surface area contributed by atoms with Crippen molar-refractivity contribution in [3.8, 4) is 0 Å². The Morgan fingerprint density at radius 1 is 1.40 bits per heavy atom. The summed E-state index contributed by atoms with van der Waals surface area (Å²) in [6.07, 6.45) is 1.97. The van der Waals surface area contributed by atoms with Gasteiger partial charge in [-0.1, -0.05) is 48.0 Å². The number of allylic oxidation sites excluding steroid dienone is 1. The lowest BCUT2D eigenvalue weighted by Crippen LogP contribution is -2.18. The molecule has 0 radical (unpaired) electrons. The van der Waals surface area contributed by atoms with Crippen LogP contribution in [0.2, 0.25) is 0 Å². The van der Waals surface area contributed by atoms with Gasteiger partial charge in [0.1, 0.15) is 0 Å². The number of hydrogen-bond acceptors (Lipinski definition) is 1. The fraction of sp³-hybridized carbons (Fsp3) is 0.333. The second kappa shape index (κ2) is 7.75. The van der Waals surface area contributed by atoms with Gasteiger partial charge in [0.2, 0.25) is 0 Å². The van der Waals surface area contributed by atoms with Gasteiger partial charge in [0.25, 0.3) is 0 Å². The van der Waals surface area contributed by atoms with Crippen molar-refractivity contribution in [1.29, 1.82) is 0 Å². The van der Waals surface area contributed by atoms with Crippen molar-refractivity contribution in [1.82, 2.24) is 5.32 Å². The fourth-order valence-corrected chi connectivity index (χ4v) is 1.31. The van der Waals surface area contributed by atoms with E-state index in [4.69, 9.17) is 11.6 Å². The minimum absolute atomic E-state index is 0. The molecule has 0 aliphatic carbocycles. The molecule has 1 nitrogen and oxygen atoms in total. The molecule has 0 aromatic heterocycles. The Bertz CT molecular complexity index is 292. The van der Waals surface area contributed by atoms with E-state index >= 15 is 0 Å². The number of nitrogens with one attached hydrogen (secondary N) is 1. The normalized spacial score (nSPS) is 13.1. The maximum atomic E-state index is 5.73. The Kier molecular flexibility index (Phi) is 7.49. The van der Waals surface area contributed by atoms with Crippen molar-refractivity contribution in [2.75, 3.05) is 6.54 Å². The number of benzene rings is 1. The molecule has 15 heavy (non-hydrogen) atoms. The summed E-state index contributed by atoms with van der Waals surface area (Å²) in [5.41, 5.74) is 1.30. The number of hydrogen-bond donors (Lipinski definition) is 1. The molecule has 1 aromatic rings. The third kappa shape index (κ3) is 5.83. The van der Waals surface area contributed by atoms with Gasteiger partial charge in [0, 0.05) is 17.6 Å². The predicted octanol–water partition coefficient (Wildman–Crippen LogP) is 3.90. The smallest absolute Gasteiger partial charge is 0.0294 e. The summed E-state index contributed by atoms with van der Waals surface area (Å²) in [7, 11) is 0. The van der Waals surface area contributed by atoms with Crippen molar-refractivity contribution in [2.24, 2.45) is 0 Å². The van der Waals surface area contributed by atoms with Gasteiger partial charge in [0.05, 0.1) is 0 Å². The molecular formula is C12H17Cl2N. The largest absolute Gasteiger partial charge is 0.307 e. The molecule has 1 unspecified atom stereocenters. The number of rotatable bonds is 4. The topological polar surface area (TPSA) is 12.0 Å². The standard InChI is InChI=1S/C12H16ClN.ClH/c1-10(13)8-9-14-11(2)12-6-4-3-5-7-12;/h3-8,11,14H,9H2,1-2H3;1H/b10-8-;. The van der Waals surface area contributed by atoms with E-state index in [9.17, 15) is 0 Å². The van der Waals surface area contributed by atoms with Crippen LogP contribution in [0.1, 0.15) is 25.5 Å². The molecule has 0 spiro atoms.